The van der Waals surface area contributed by atoms with Gasteiger partial charge in [-0.1, -0.05) is 37.3 Å². The Balaban J connectivity index is 2.01. The molecule has 1 saturated heterocycles. The lowest BCUT2D eigenvalue weighted by Crippen LogP contribution is -2.29. The Hall–Kier alpha value is -1.81. The predicted molar refractivity (Wildman–Crippen MR) is 83.3 cm³/mol. The molecule has 0 unspecified atom stereocenters. The minimum Gasteiger partial charge on any atom is -0.422 e. The molecule has 4 heteroatoms. The number of rotatable bonds is 4. The second-order valence-electron chi connectivity index (χ2n) is 5.54. The van der Waals surface area contributed by atoms with Crippen molar-refractivity contribution < 1.29 is 9.52 Å². The van der Waals surface area contributed by atoms with E-state index in [1.807, 2.05) is 37.3 Å². The Morgan fingerprint density at radius 3 is 2.57 bits per heavy atom. The molecule has 0 spiro atoms. The van der Waals surface area contributed by atoms with Crippen molar-refractivity contribution in [1.82, 2.24) is 4.98 Å². The van der Waals surface area contributed by atoms with Crippen molar-refractivity contribution in [3.05, 3.63) is 36.2 Å². The van der Waals surface area contributed by atoms with E-state index in [1.54, 1.807) is 0 Å². The molecule has 1 aliphatic rings. The van der Waals surface area contributed by atoms with E-state index in [9.17, 15) is 5.11 Å². The zero-order valence-corrected chi connectivity index (χ0v) is 12.5. The van der Waals surface area contributed by atoms with Gasteiger partial charge in [-0.05, 0) is 25.7 Å². The number of nitrogens with zero attached hydrogens (tertiary/aromatic N) is 2. The molecule has 1 aromatic carbocycles. The number of benzene rings is 1. The lowest BCUT2D eigenvalue weighted by molar-refractivity contribution is 0.140. The quantitative estimate of drug-likeness (QED) is 0.929. The number of aliphatic hydroxyl groups is 1. The van der Waals surface area contributed by atoms with Gasteiger partial charge in [0.15, 0.2) is 0 Å². The average Bonchev–Trinajstić information content (AvgIpc) is 3.01. The molecule has 0 saturated carbocycles. The highest BCUT2D eigenvalue weighted by Crippen LogP contribution is 2.35. The van der Waals surface area contributed by atoms with E-state index in [2.05, 4.69) is 9.88 Å². The van der Waals surface area contributed by atoms with Crippen molar-refractivity contribution in [2.24, 2.45) is 0 Å². The van der Waals surface area contributed by atoms with Crippen LogP contribution in [0.15, 0.2) is 34.7 Å². The van der Waals surface area contributed by atoms with Gasteiger partial charge in [0.25, 0.3) is 0 Å². The Bertz CT molecular complexity index is 574. The van der Waals surface area contributed by atoms with Crippen molar-refractivity contribution in [1.29, 1.82) is 0 Å². The smallest absolute Gasteiger partial charge is 0.226 e. The maximum atomic E-state index is 10.0. The highest BCUT2D eigenvalue weighted by Gasteiger charge is 2.24. The molecule has 0 bridgehead atoms. The molecule has 0 radical (unpaired) electrons. The number of piperidine rings is 1. The Labute approximate surface area is 125 Å². The van der Waals surface area contributed by atoms with E-state index < -0.39 is 6.10 Å². The second-order valence-corrected chi connectivity index (χ2v) is 5.54. The molecular formula is C17H22N2O2. The largest absolute Gasteiger partial charge is 0.422 e. The molecule has 2 heterocycles. The van der Waals surface area contributed by atoms with E-state index in [0.717, 1.165) is 30.2 Å². The molecule has 2 aromatic rings. The third-order valence-corrected chi connectivity index (χ3v) is 3.99. The summed E-state index contributed by atoms with van der Waals surface area (Å²) in [6, 6.07) is 10.1. The van der Waals surface area contributed by atoms with Gasteiger partial charge in [-0.3, -0.25) is 0 Å². The van der Waals surface area contributed by atoms with Crippen molar-refractivity contribution in [2.75, 3.05) is 18.0 Å². The molecule has 21 heavy (non-hydrogen) atoms. The Kier molecular flexibility index (Phi) is 4.25. The molecule has 3 rings (SSSR count). The van der Waals surface area contributed by atoms with Crippen LogP contribution in [0.1, 0.15) is 44.6 Å². The fraction of sp³-hybridized carbons (Fsp3) is 0.471. The van der Waals surface area contributed by atoms with E-state index in [1.165, 1.54) is 19.3 Å². The number of aromatic nitrogens is 1. The second kappa shape index (κ2) is 6.31. The molecule has 0 aliphatic carbocycles. The number of oxazole rings is 1. The van der Waals surface area contributed by atoms with Crippen LogP contribution in [-0.2, 0) is 0 Å². The monoisotopic (exact) mass is 286 g/mol. The maximum Gasteiger partial charge on any atom is 0.226 e. The summed E-state index contributed by atoms with van der Waals surface area (Å²) < 4.78 is 5.93. The van der Waals surface area contributed by atoms with Crippen LogP contribution in [0.5, 0.6) is 0 Å². The minimum absolute atomic E-state index is 0.428. The highest BCUT2D eigenvalue weighted by molar-refractivity contribution is 5.71. The van der Waals surface area contributed by atoms with Gasteiger partial charge in [-0.15, -0.1) is 0 Å². The molecule has 1 N–H and O–H groups in total. The van der Waals surface area contributed by atoms with Crippen LogP contribution in [0.3, 0.4) is 0 Å². The number of anilines is 1. The van der Waals surface area contributed by atoms with Crippen LogP contribution in [0.25, 0.3) is 11.3 Å². The van der Waals surface area contributed by atoms with Gasteiger partial charge >= 0.3 is 0 Å². The zero-order valence-electron chi connectivity index (χ0n) is 12.5. The predicted octanol–water partition coefficient (Wildman–Crippen LogP) is 3.78. The van der Waals surface area contributed by atoms with E-state index >= 15 is 0 Å². The van der Waals surface area contributed by atoms with Crippen molar-refractivity contribution in [3.8, 4) is 11.3 Å². The van der Waals surface area contributed by atoms with Crippen LogP contribution in [0.4, 0.5) is 5.88 Å². The average molecular weight is 286 g/mol. The highest BCUT2D eigenvalue weighted by atomic mass is 16.4. The Morgan fingerprint density at radius 2 is 1.90 bits per heavy atom. The molecule has 112 valence electrons. The SMILES string of the molecule is CC[C@H](O)c1nc(-c2ccccc2)c(N2CCCCC2)o1. The summed E-state index contributed by atoms with van der Waals surface area (Å²) >= 11 is 0. The van der Waals surface area contributed by atoms with Gasteiger partial charge in [0.05, 0.1) is 0 Å². The van der Waals surface area contributed by atoms with Gasteiger partial charge in [0, 0.05) is 18.7 Å². The molecule has 1 atom stereocenters. The summed E-state index contributed by atoms with van der Waals surface area (Å²) in [4.78, 5) is 6.82. The van der Waals surface area contributed by atoms with E-state index in [4.69, 9.17) is 4.42 Å². The first-order chi connectivity index (χ1) is 10.3. The van der Waals surface area contributed by atoms with Crippen LogP contribution in [-0.4, -0.2) is 23.2 Å². The fourth-order valence-corrected chi connectivity index (χ4v) is 2.74. The number of aliphatic hydroxyl groups excluding tert-OH is 1. The van der Waals surface area contributed by atoms with Crippen molar-refractivity contribution in [3.63, 3.8) is 0 Å². The third kappa shape index (κ3) is 2.95. The fourth-order valence-electron chi connectivity index (χ4n) is 2.74. The molecule has 1 aliphatic heterocycles. The molecular weight excluding hydrogens is 264 g/mol. The zero-order chi connectivity index (χ0) is 14.7. The van der Waals surface area contributed by atoms with Crippen LogP contribution >= 0.6 is 0 Å². The van der Waals surface area contributed by atoms with E-state index in [-0.39, 0.29) is 0 Å². The first kappa shape index (κ1) is 14.1. The first-order valence-electron chi connectivity index (χ1n) is 7.78. The molecule has 1 fully saturated rings. The molecule has 1 aromatic heterocycles. The van der Waals surface area contributed by atoms with Gasteiger partial charge in [-0.25, -0.2) is 4.98 Å². The lowest BCUT2D eigenvalue weighted by Gasteiger charge is -2.26. The maximum absolute atomic E-state index is 10.0. The summed E-state index contributed by atoms with van der Waals surface area (Å²) in [6.45, 7) is 3.92. The topological polar surface area (TPSA) is 49.5 Å². The van der Waals surface area contributed by atoms with Gasteiger partial charge in [0.2, 0.25) is 11.8 Å². The summed E-state index contributed by atoms with van der Waals surface area (Å²) in [7, 11) is 0. The van der Waals surface area contributed by atoms with Crippen molar-refractivity contribution >= 4 is 5.88 Å². The molecule has 0 amide bonds. The third-order valence-electron chi connectivity index (χ3n) is 3.99. The summed E-state index contributed by atoms with van der Waals surface area (Å²) in [5.41, 5.74) is 1.89. The molecule has 4 nitrogen and oxygen atoms in total. The number of hydrogen-bond acceptors (Lipinski definition) is 4. The minimum atomic E-state index is -0.633. The Morgan fingerprint density at radius 1 is 1.19 bits per heavy atom. The van der Waals surface area contributed by atoms with Crippen LogP contribution < -0.4 is 4.90 Å². The van der Waals surface area contributed by atoms with E-state index in [0.29, 0.717) is 12.3 Å². The number of hydrogen-bond donors (Lipinski definition) is 1. The summed E-state index contributed by atoms with van der Waals surface area (Å²) in [5, 5.41) is 10.0. The summed E-state index contributed by atoms with van der Waals surface area (Å²) in [6.07, 6.45) is 3.61. The van der Waals surface area contributed by atoms with Crippen molar-refractivity contribution in [2.45, 2.75) is 38.7 Å². The van der Waals surface area contributed by atoms with Crippen LogP contribution in [0, 0.1) is 0 Å². The van der Waals surface area contributed by atoms with Crippen LogP contribution in [0.2, 0.25) is 0 Å². The van der Waals surface area contributed by atoms with Gasteiger partial charge in [0.1, 0.15) is 11.8 Å². The lowest BCUT2D eigenvalue weighted by atomic mass is 10.1. The standard InChI is InChI=1S/C17H22N2O2/c1-2-14(20)16-18-15(13-9-5-3-6-10-13)17(21-16)19-11-7-4-8-12-19/h3,5-6,9-10,14,20H,2,4,7-8,11-12H2,1H3/t14-/m0/s1. The first-order valence-corrected chi connectivity index (χ1v) is 7.78. The normalized spacial score (nSPS) is 17.0. The summed E-state index contributed by atoms with van der Waals surface area (Å²) in [5.74, 6) is 1.24. The van der Waals surface area contributed by atoms with Gasteiger partial charge in [-0.2, -0.15) is 0 Å². The van der Waals surface area contributed by atoms with Gasteiger partial charge < -0.3 is 14.4 Å².